The Kier molecular flexibility index (Phi) is 11.7. The first-order valence-electron chi connectivity index (χ1n) is 11.0. The largest absolute Gasteiger partial charge is 0.444 e. The number of nitrogens with one attached hydrogen (secondary N) is 2. The molecule has 2 fully saturated rings. The Balaban J connectivity index is 0.00000450. The van der Waals surface area contributed by atoms with Crippen molar-refractivity contribution in [2.45, 2.75) is 78.2 Å². The first-order valence-corrected chi connectivity index (χ1v) is 11.0. The van der Waals surface area contributed by atoms with Gasteiger partial charge in [-0.15, -0.1) is 24.0 Å². The number of carbonyl (C=O) groups excluding carboxylic acids is 1. The Morgan fingerprint density at radius 3 is 2.50 bits per heavy atom. The zero-order chi connectivity index (χ0) is 21.4. The van der Waals surface area contributed by atoms with E-state index < -0.39 is 11.7 Å². The minimum absolute atomic E-state index is 0. The van der Waals surface area contributed by atoms with E-state index in [1.165, 1.54) is 0 Å². The molecule has 2 aliphatic heterocycles. The van der Waals surface area contributed by atoms with Crippen molar-refractivity contribution in [3.8, 4) is 0 Å². The molecule has 0 aromatic rings. The van der Waals surface area contributed by atoms with Crippen molar-refractivity contribution in [1.82, 2.24) is 15.5 Å². The fraction of sp³-hybridized carbons (Fsp3) is 0.905. The fourth-order valence-corrected chi connectivity index (χ4v) is 3.48. The van der Waals surface area contributed by atoms with E-state index in [4.69, 9.17) is 19.2 Å². The van der Waals surface area contributed by atoms with E-state index in [-0.39, 0.29) is 48.1 Å². The molecule has 0 aliphatic carbocycles. The van der Waals surface area contributed by atoms with Gasteiger partial charge in [0.1, 0.15) is 11.7 Å². The summed E-state index contributed by atoms with van der Waals surface area (Å²) in [5.41, 5.74) is -0.519. The summed E-state index contributed by atoms with van der Waals surface area (Å²) in [4.78, 5) is 19.3. The van der Waals surface area contributed by atoms with E-state index in [0.29, 0.717) is 13.2 Å². The van der Waals surface area contributed by atoms with E-state index in [1.54, 1.807) is 0 Å². The molecule has 2 heterocycles. The summed E-state index contributed by atoms with van der Waals surface area (Å²) < 4.78 is 17.2. The van der Waals surface area contributed by atoms with Crippen molar-refractivity contribution in [1.29, 1.82) is 0 Å². The van der Waals surface area contributed by atoms with Gasteiger partial charge in [0.2, 0.25) is 0 Å². The van der Waals surface area contributed by atoms with Gasteiger partial charge >= 0.3 is 6.09 Å². The van der Waals surface area contributed by atoms with Gasteiger partial charge in [-0.2, -0.15) is 0 Å². The average Bonchev–Trinajstić information content (AvgIpc) is 3.17. The normalized spacial score (nSPS) is 23.7. The maximum atomic E-state index is 12.2. The number of guanidine groups is 1. The lowest BCUT2D eigenvalue weighted by molar-refractivity contribution is -0.0817. The van der Waals surface area contributed by atoms with Crippen LogP contribution < -0.4 is 10.6 Å². The molecule has 8 nitrogen and oxygen atoms in total. The summed E-state index contributed by atoms with van der Waals surface area (Å²) in [5, 5.41) is 6.35. The number of rotatable bonds is 6. The molecule has 2 rings (SSSR count). The summed E-state index contributed by atoms with van der Waals surface area (Å²) in [5.74, 6) is 1.09. The van der Waals surface area contributed by atoms with Crippen LogP contribution in [0.3, 0.4) is 0 Å². The van der Waals surface area contributed by atoms with Crippen molar-refractivity contribution < 1.29 is 19.0 Å². The standard InChI is InChI=1S/C21H40N4O4.HI/c1-7-22-19(25-10-12-28-18(14-25)17-9-8-11-27-17)23-13-16(15(2)3)24-20(26)29-21(4,5)6;/h15-18H,7-14H2,1-6H3,(H,22,23)(H,24,26);1H. The second-order valence-electron chi connectivity index (χ2n) is 9.10. The van der Waals surface area contributed by atoms with Crippen LogP contribution in [0.15, 0.2) is 4.99 Å². The van der Waals surface area contributed by atoms with E-state index in [1.807, 2.05) is 20.8 Å². The molecule has 0 saturated carbocycles. The highest BCUT2D eigenvalue weighted by Gasteiger charge is 2.32. The van der Waals surface area contributed by atoms with Crippen LogP contribution in [-0.4, -0.2) is 80.2 Å². The van der Waals surface area contributed by atoms with Gasteiger partial charge in [0.25, 0.3) is 0 Å². The van der Waals surface area contributed by atoms with Crippen LogP contribution >= 0.6 is 24.0 Å². The fourth-order valence-electron chi connectivity index (χ4n) is 3.48. The second kappa shape index (κ2) is 12.9. The molecule has 0 spiro atoms. The highest BCUT2D eigenvalue weighted by atomic mass is 127. The number of halogens is 1. The number of hydrogen-bond donors (Lipinski definition) is 2. The van der Waals surface area contributed by atoms with Gasteiger partial charge in [-0.3, -0.25) is 4.99 Å². The molecule has 1 amide bonds. The summed E-state index contributed by atoms with van der Waals surface area (Å²) >= 11 is 0. The molecule has 30 heavy (non-hydrogen) atoms. The molecular weight excluding hydrogens is 499 g/mol. The number of morpholine rings is 1. The third-order valence-electron chi connectivity index (χ3n) is 5.05. The SMILES string of the molecule is CCNC(=NCC(NC(=O)OC(C)(C)C)C(C)C)N1CCOC(C2CCCO2)C1.I. The molecule has 0 radical (unpaired) electrons. The first kappa shape index (κ1) is 27.2. The maximum absolute atomic E-state index is 12.2. The van der Waals surface area contributed by atoms with Crippen molar-refractivity contribution in [3.05, 3.63) is 0 Å². The third-order valence-corrected chi connectivity index (χ3v) is 5.05. The lowest BCUT2D eigenvalue weighted by Gasteiger charge is -2.37. The highest BCUT2D eigenvalue weighted by molar-refractivity contribution is 14.0. The predicted octanol–water partition coefficient (Wildman–Crippen LogP) is 3.00. The summed E-state index contributed by atoms with van der Waals surface area (Å²) in [7, 11) is 0. The Hall–Kier alpha value is -0.810. The van der Waals surface area contributed by atoms with Gasteiger partial charge in [0, 0.05) is 26.2 Å². The van der Waals surface area contributed by atoms with E-state index in [2.05, 4.69) is 36.3 Å². The van der Waals surface area contributed by atoms with Crippen molar-refractivity contribution in [2.24, 2.45) is 10.9 Å². The lowest BCUT2D eigenvalue weighted by Crippen LogP contribution is -2.53. The molecule has 3 atom stereocenters. The minimum Gasteiger partial charge on any atom is -0.444 e. The molecule has 0 aromatic carbocycles. The molecule has 9 heteroatoms. The Morgan fingerprint density at radius 2 is 1.93 bits per heavy atom. The summed E-state index contributed by atoms with van der Waals surface area (Å²) in [6.45, 7) is 16.1. The number of amides is 1. The van der Waals surface area contributed by atoms with Gasteiger partial charge in [-0.1, -0.05) is 13.8 Å². The van der Waals surface area contributed by atoms with Crippen molar-refractivity contribution in [3.63, 3.8) is 0 Å². The molecule has 0 bridgehead atoms. The van der Waals surface area contributed by atoms with E-state index >= 15 is 0 Å². The maximum Gasteiger partial charge on any atom is 0.407 e. The van der Waals surface area contributed by atoms with Crippen LogP contribution in [0.2, 0.25) is 0 Å². The number of aliphatic imine (C=N–C) groups is 1. The number of nitrogens with zero attached hydrogens (tertiary/aromatic N) is 2. The van der Waals surface area contributed by atoms with Crippen molar-refractivity contribution in [2.75, 3.05) is 39.4 Å². The average molecular weight is 540 g/mol. The minimum atomic E-state index is -0.519. The Morgan fingerprint density at radius 1 is 1.23 bits per heavy atom. The number of alkyl carbamates (subject to hydrolysis) is 1. The lowest BCUT2D eigenvalue weighted by atomic mass is 10.1. The van der Waals surface area contributed by atoms with Gasteiger partial charge in [-0.25, -0.2) is 4.79 Å². The molecule has 3 unspecified atom stereocenters. The van der Waals surface area contributed by atoms with Gasteiger partial charge < -0.3 is 29.7 Å². The molecule has 0 aromatic heterocycles. The van der Waals surface area contributed by atoms with Crippen LogP contribution in [0.25, 0.3) is 0 Å². The van der Waals surface area contributed by atoms with Gasteiger partial charge in [0.15, 0.2) is 5.96 Å². The zero-order valence-electron chi connectivity index (χ0n) is 19.4. The van der Waals surface area contributed by atoms with Gasteiger partial charge in [-0.05, 0) is 46.5 Å². The second-order valence-corrected chi connectivity index (χ2v) is 9.10. The molecule has 2 aliphatic rings. The van der Waals surface area contributed by atoms with E-state index in [0.717, 1.165) is 45.0 Å². The zero-order valence-corrected chi connectivity index (χ0v) is 21.7. The van der Waals surface area contributed by atoms with Crippen molar-refractivity contribution >= 4 is 36.0 Å². The quantitative estimate of drug-likeness (QED) is 0.306. The Bertz CT molecular complexity index is 548. The topological polar surface area (TPSA) is 84.4 Å². The van der Waals surface area contributed by atoms with Crippen LogP contribution in [0, 0.1) is 5.92 Å². The van der Waals surface area contributed by atoms with Crippen LogP contribution in [0.4, 0.5) is 4.79 Å². The third kappa shape index (κ3) is 9.13. The van der Waals surface area contributed by atoms with Crippen LogP contribution in [0.1, 0.15) is 54.4 Å². The van der Waals surface area contributed by atoms with E-state index in [9.17, 15) is 4.79 Å². The summed E-state index contributed by atoms with van der Waals surface area (Å²) in [6.07, 6.45) is 2.02. The number of carbonyl (C=O) groups is 1. The van der Waals surface area contributed by atoms with Crippen LogP contribution in [0.5, 0.6) is 0 Å². The van der Waals surface area contributed by atoms with Crippen LogP contribution in [-0.2, 0) is 14.2 Å². The molecular formula is C21H41IN4O4. The smallest absolute Gasteiger partial charge is 0.407 e. The monoisotopic (exact) mass is 540 g/mol. The number of hydrogen-bond acceptors (Lipinski definition) is 5. The number of ether oxygens (including phenoxy) is 3. The highest BCUT2D eigenvalue weighted by Crippen LogP contribution is 2.21. The molecule has 2 saturated heterocycles. The molecule has 176 valence electrons. The first-order chi connectivity index (χ1) is 13.7. The predicted molar refractivity (Wildman–Crippen MR) is 130 cm³/mol. The molecule has 2 N–H and O–H groups in total. The van der Waals surface area contributed by atoms with Gasteiger partial charge in [0.05, 0.1) is 25.3 Å². The Labute approximate surface area is 198 Å². The summed E-state index contributed by atoms with van der Waals surface area (Å²) in [6, 6.07) is -0.103.